The molecule has 1 aliphatic rings. The number of amidine groups is 1. The van der Waals surface area contributed by atoms with Crippen molar-refractivity contribution in [1.29, 1.82) is 0 Å². The molecule has 1 aliphatic heterocycles. The Morgan fingerprint density at radius 2 is 1.81 bits per heavy atom. The molecule has 0 amide bonds. The van der Waals surface area contributed by atoms with E-state index in [-0.39, 0.29) is 43.9 Å². The number of oxime groups is 1. The lowest BCUT2D eigenvalue weighted by Crippen LogP contribution is -2.30. The molecule has 2 atom stereocenters. The summed E-state index contributed by atoms with van der Waals surface area (Å²) in [6, 6.07) is 8.25. The number of benzene rings is 2. The van der Waals surface area contributed by atoms with Crippen molar-refractivity contribution < 1.29 is 49.8 Å². The van der Waals surface area contributed by atoms with Crippen molar-refractivity contribution in [2.24, 2.45) is 16.8 Å². The largest absolute Gasteiger partial charge is 0.488 e. The molecule has 0 saturated heterocycles. The van der Waals surface area contributed by atoms with Gasteiger partial charge in [-0.2, -0.15) is 35.1 Å². The Kier molecular flexibility index (Phi) is 11.2. The van der Waals surface area contributed by atoms with Crippen molar-refractivity contribution in [3.8, 4) is 11.5 Å². The zero-order valence-corrected chi connectivity index (χ0v) is 22.8. The second-order valence-corrected chi connectivity index (χ2v) is 10.3. The molecule has 3 rings (SSSR count). The average Bonchev–Trinajstić information content (AvgIpc) is 3.33. The molecular weight excluding hydrogens is 600 g/mol. The van der Waals surface area contributed by atoms with Gasteiger partial charge in [-0.1, -0.05) is 36.0 Å². The van der Waals surface area contributed by atoms with Crippen LogP contribution in [0.2, 0.25) is 0 Å². The molecule has 2 aromatic rings. The van der Waals surface area contributed by atoms with Gasteiger partial charge in [0.1, 0.15) is 23.5 Å². The Morgan fingerprint density at radius 1 is 1.12 bits per heavy atom. The number of alkyl halides is 8. The Hall–Kier alpha value is -3.40. The Labute approximate surface area is 240 Å². The molecule has 1 heterocycles. The van der Waals surface area contributed by atoms with Gasteiger partial charge in [-0.05, 0) is 49.2 Å². The predicted molar refractivity (Wildman–Crippen MR) is 140 cm³/mol. The molecule has 0 aliphatic carbocycles. The number of thioether (sulfide) groups is 1. The van der Waals surface area contributed by atoms with E-state index in [0.717, 1.165) is 18.2 Å². The first-order valence-electron chi connectivity index (χ1n) is 12.5. The lowest BCUT2D eigenvalue weighted by molar-refractivity contribution is -0.176. The number of rotatable bonds is 13. The van der Waals surface area contributed by atoms with Crippen molar-refractivity contribution in [3.63, 3.8) is 0 Å². The highest BCUT2D eigenvalue weighted by molar-refractivity contribution is 8.03. The van der Waals surface area contributed by atoms with Crippen molar-refractivity contribution in [2.45, 2.75) is 44.1 Å². The first-order chi connectivity index (χ1) is 19.7. The average molecular weight is 629 g/mol. The highest BCUT2D eigenvalue weighted by Gasteiger charge is 2.37. The van der Waals surface area contributed by atoms with Crippen LogP contribution >= 0.6 is 11.8 Å². The van der Waals surface area contributed by atoms with Crippen LogP contribution < -0.4 is 25.8 Å². The van der Waals surface area contributed by atoms with Crippen LogP contribution in [0.1, 0.15) is 41.8 Å². The summed E-state index contributed by atoms with van der Waals surface area (Å²) in [5.74, 6) is -2.28. The summed E-state index contributed by atoms with van der Waals surface area (Å²) in [7, 11) is 0. The molecule has 5 N–H and O–H groups in total. The van der Waals surface area contributed by atoms with Crippen LogP contribution in [0.15, 0.2) is 58.2 Å². The van der Waals surface area contributed by atoms with E-state index in [1.165, 1.54) is 43.0 Å². The van der Waals surface area contributed by atoms with E-state index in [1.54, 1.807) is 0 Å². The van der Waals surface area contributed by atoms with E-state index in [0.29, 0.717) is 16.2 Å². The van der Waals surface area contributed by atoms with Gasteiger partial charge in [0.2, 0.25) is 0 Å². The summed E-state index contributed by atoms with van der Waals surface area (Å²) >= 11 is 1.22. The van der Waals surface area contributed by atoms with Crippen molar-refractivity contribution >= 4 is 17.6 Å². The predicted octanol–water partition coefficient (Wildman–Crippen LogP) is 6.60. The van der Waals surface area contributed by atoms with Crippen LogP contribution in [0, 0.1) is 5.92 Å². The normalized spacial score (nSPS) is 17.0. The lowest BCUT2D eigenvalue weighted by Gasteiger charge is -2.19. The quantitative estimate of drug-likeness (QED) is 0.0496. The number of hydrogen-bond donors (Lipinski definition) is 4. The Bertz CT molecular complexity index is 1250. The van der Waals surface area contributed by atoms with E-state index >= 15 is 0 Å². The summed E-state index contributed by atoms with van der Waals surface area (Å²) in [6.45, 7) is -1.72. The van der Waals surface area contributed by atoms with Gasteiger partial charge in [0.05, 0.1) is 17.0 Å². The molecule has 2 aromatic carbocycles. The zero-order chi connectivity index (χ0) is 31.1. The summed E-state index contributed by atoms with van der Waals surface area (Å²) in [4.78, 5) is 0.576. The van der Waals surface area contributed by atoms with E-state index in [2.05, 4.69) is 20.5 Å². The molecule has 42 heavy (non-hydrogen) atoms. The van der Waals surface area contributed by atoms with Gasteiger partial charge < -0.3 is 31.0 Å². The highest BCUT2D eigenvalue weighted by Crippen LogP contribution is 2.41. The minimum absolute atomic E-state index is 0.0522. The molecule has 2 unspecified atom stereocenters. The maximum atomic E-state index is 13.1. The Balaban J connectivity index is 1.77. The SMILES string of the molecule is CCC(CCNCC1=C(COc2ccc(C(N)=NO)c(OC(F)F)c2)SC(c2ccc(C(F)(F)F)cc2)N1)C(F)(F)F. The number of hydrogen-bond acceptors (Lipinski definition) is 7. The molecule has 0 fully saturated rings. The molecule has 0 aromatic heterocycles. The van der Waals surface area contributed by atoms with E-state index in [4.69, 9.17) is 15.7 Å². The third-order valence-corrected chi connectivity index (χ3v) is 7.57. The first-order valence-corrected chi connectivity index (χ1v) is 13.4. The minimum atomic E-state index is -4.51. The second-order valence-electron chi connectivity index (χ2n) is 9.09. The molecule has 7 nitrogen and oxygen atoms in total. The fraction of sp³-hybridized carbons (Fsp3) is 0.423. The second kappa shape index (κ2) is 14.2. The van der Waals surface area contributed by atoms with Gasteiger partial charge in [0.15, 0.2) is 5.84 Å². The lowest BCUT2D eigenvalue weighted by atomic mass is 10.0. The maximum Gasteiger partial charge on any atom is 0.416 e. The molecule has 232 valence electrons. The number of ether oxygens (including phenoxy) is 2. The van der Waals surface area contributed by atoms with Crippen LogP contribution in [0.5, 0.6) is 11.5 Å². The van der Waals surface area contributed by atoms with Crippen LogP contribution in [0.3, 0.4) is 0 Å². The molecule has 16 heteroatoms. The summed E-state index contributed by atoms with van der Waals surface area (Å²) < 4.78 is 114. The third kappa shape index (κ3) is 9.05. The summed E-state index contributed by atoms with van der Waals surface area (Å²) in [6.07, 6.45) is -9.04. The fourth-order valence-electron chi connectivity index (χ4n) is 4.04. The zero-order valence-electron chi connectivity index (χ0n) is 22.0. The van der Waals surface area contributed by atoms with Crippen LogP contribution in [0.4, 0.5) is 35.1 Å². The maximum absolute atomic E-state index is 13.1. The van der Waals surface area contributed by atoms with Gasteiger partial charge in [-0.25, -0.2) is 0 Å². The molecule has 0 radical (unpaired) electrons. The van der Waals surface area contributed by atoms with Gasteiger partial charge >= 0.3 is 19.0 Å². The van der Waals surface area contributed by atoms with E-state index in [1.807, 2.05) is 0 Å². The number of halogens is 8. The van der Waals surface area contributed by atoms with Crippen molar-refractivity contribution in [3.05, 3.63) is 69.8 Å². The van der Waals surface area contributed by atoms with Crippen LogP contribution in [-0.2, 0) is 6.18 Å². The smallest absolute Gasteiger partial charge is 0.416 e. The number of nitrogens with two attached hydrogens (primary N) is 1. The minimum Gasteiger partial charge on any atom is -0.488 e. The molecular formula is C26H28F8N4O3S. The molecule has 0 spiro atoms. The fourth-order valence-corrected chi connectivity index (χ4v) is 5.22. The topological polar surface area (TPSA) is 101 Å². The Morgan fingerprint density at radius 3 is 2.38 bits per heavy atom. The summed E-state index contributed by atoms with van der Waals surface area (Å²) in [5.41, 5.74) is 5.63. The molecule has 0 saturated carbocycles. The standard InChI is InChI=1S/C26H28F8N4O3S/c1-2-15(25(29,30)31)9-10-36-12-19-21(42-23(37-19)14-3-5-16(6-4-14)26(32,33)34)13-40-17-7-8-18(22(35)38-39)20(11-17)41-24(27)28/h3-8,11,15,23-24,36-37,39H,2,9-10,12-13H2,1H3,(H2,35,38). The monoisotopic (exact) mass is 628 g/mol. The van der Waals surface area contributed by atoms with Gasteiger partial charge in [-0.3, -0.25) is 0 Å². The van der Waals surface area contributed by atoms with Crippen LogP contribution in [-0.4, -0.2) is 43.5 Å². The van der Waals surface area contributed by atoms with E-state index < -0.39 is 47.4 Å². The number of nitrogens with one attached hydrogen (secondary N) is 2. The third-order valence-electron chi connectivity index (χ3n) is 6.29. The van der Waals surface area contributed by atoms with Gasteiger partial charge in [0, 0.05) is 23.2 Å². The van der Waals surface area contributed by atoms with Crippen LogP contribution in [0.25, 0.3) is 0 Å². The number of nitrogens with zero attached hydrogens (tertiary/aromatic N) is 1. The van der Waals surface area contributed by atoms with E-state index in [9.17, 15) is 35.1 Å². The highest BCUT2D eigenvalue weighted by atomic mass is 32.2. The van der Waals surface area contributed by atoms with Gasteiger partial charge in [-0.15, -0.1) is 0 Å². The first kappa shape index (κ1) is 33.1. The molecule has 0 bridgehead atoms. The van der Waals surface area contributed by atoms with Crippen molar-refractivity contribution in [2.75, 3.05) is 19.7 Å². The van der Waals surface area contributed by atoms with Gasteiger partial charge in [0.25, 0.3) is 0 Å². The summed E-state index contributed by atoms with van der Waals surface area (Å²) in [5, 5.41) is 17.3. The van der Waals surface area contributed by atoms with Crippen molar-refractivity contribution in [1.82, 2.24) is 10.6 Å².